The van der Waals surface area contributed by atoms with E-state index in [-0.39, 0.29) is 41.9 Å². The summed E-state index contributed by atoms with van der Waals surface area (Å²) in [7, 11) is 0. The average molecular weight is 301 g/mol. The molecular weight excluding hydrogens is 278 g/mol. The number of imide groups is 1. The molecule has 1 aliphatic heterocycles. The van der Waals surface area contributed by atoms with Gasteiger partial charge in [-0.1, -0.05) is 20.8 Å². The first-order chi connectivity index (χ1) is 9.20. The summed E-state index contributed by atoms with van der Waals surface area (Å²) < 4.78 is 0. The molecule has 0 saturated carbocycles. The molecule has 1 aliphatic rings. The Morgan fingerprint density at radius 2 is 2.05 bits per heavy atom. The van der Waals surface area contributed by atoms with Gasteiger partial charge < -0.3 is 5.11 Å². The molecule has 2 amide bonds. The van der Waals surface area contributed by atoms with E-state index in [1.807, 2.05) is 0 Å². The van der Waals surface area contributed by atoms with Crippen molar-refractivity contribution in [3.63, 3.8) is 0 Å². The minimum atomic E-state index is -0.903. The maximum absolute atomic E-state index is 12.1. The molecule has 0 aromatic rings. The van der Waals surface area contributed by atoms with Gasteiger partial charge in [-0.05, 0) is 24.0 Å². The number of carboxylic acids is 1. The number of nitrogens with zero attached hydrogens (tertiary/aromatic N) is 1. The molecule has 0 radical (unpaired) electrons. The van der Waals surface area contributed by atoms with E-state index in [1.54, 1.807) is 0 Å². The molecule has 0 bridgehead atoms. The molecule has 0 aromatic carbocycles. The van der Waals surface area contributed by atoms with Gasteiger partial charge in [0.1, 0.15) is 0 Å². The topological polar surface area (TPSA) is 74.7 Å². The summed E-state index contributed by atoms with van der Waals surface area (Å²) >= 11 is 1.54. The molecule has 1 rings (SSSR count). The van der Waals surface area contributed by atoms with Crippen molar-refractivity contribution in [3.8, 4) is 0 Å². The Hall–Kier alpha value is -1.04. The summed E-state index contributed by atoms with van der Waals surface area (Å²) in [5, 5.41) is 8.29. The molecule has 1 unspecified atom stereocenters. The summed E-state index contributed by atoms with van der Waals surface area (Å²) in [5.41, 5.74) is 0.222. The number of hydrogen-bond donors (Lipinski definition) is 1. The molecule has 1 heterocycles. The first-order valence-electron chi connectivity index (χ1n) is 6.88. The highest BCUT2D eigenvalue weighted by Crippen LogP contribution is 2.29. The number of rotatable bonds is 7. The van der Waals surface area contributed by atoms with E-state index in [9.17, 15) is 14.4 Å². The first kappa shape index (κ1) is 17.0. The van der Waals surface area contributed by atoms with Crippen molar-refractivity contribution >= 4 is 29.5 Å². The fourth-order valence-electron chi connectivity index (χ4n) is 1.91. The quantitative estimate of drug-likeness (QED) is 0.729. The van der Waals surface area contributed by atoms with Crippen LogP contribution in [0.1, 0.15) is 46.5 Å². The van der Waals surface area contributed by atoms with Crippen LogP contribution in [0.15, 0.2) is 0 Å². The highest BCUT2D eigenvalue weighted by molar-refractivity contribution is 8.00. The van der Waals surface area contributed by atoms with Gasteiger partial charge in [0.2, 0.25) is 11.8 Å². The fraction of sp³-hybridized carbons (Fsp3) is 0.786. The molecule has 1 fully saturated rings. The lowest BCUT2D eigenvalue weighted by atomic mass is 9.94. The molecule has 1 N–H and O–H groups in total. The van der Waals surface area contributed by atoms with Crippen molar-refractivity contribution in [3.05, 3.63) is 0 Å². The van der Waals surface area contributed by atoms with Crippen LogP contribution < -0.4 is 0 Å². The number of aliphatic carboxylic acids is 1. The van der Waals surface area contributed by atoms with Crippen LogP contribution >= 0.6 is 11.8 Å². The molecule has 1 saturated heterocycles. The Morgan fingerprint density at radius 1 is 1.40 bits per heavy atom. The Balaban J connectivity index is 2.40. The largest absolute Gasteiger partial charge is 0.481 e. The third kappa shape index (κ3) is 5.53. The summed E-state index contributed by atoms with van der Waals surface area (Å²) in [6, 6.07) is 0. The van der Waals surface area contributed by atoms with E-state index in [0.717, 1.165) is 12.2 Å². The van der Waals surface area contributed by atoms with Gasteiger partial charge in [0.25, 0.3) is 0 Å². The van der Waals surface area contributed by atoms with E-state index in [4.69, 9.17) is 5.11 Å². The van der Waals surface area contributed by atoms with Crippen LogP contribution in [0.3, 0.4) is 0 Å². The normalized spacial score (nSPS) is 19.8. The number of carbonyl (C=O) groups excluding carboxylic acids is 2. The zero-order chi connectivity index (χ0) is 15.3. The number of carbonyl (C=O) groups is 3. The second-order valence-corrected chi connectivity index (χ2v) is 7.57. The Kier molecular flexibility index (Phi) is 6.05. The molecule has 5 nitrogen and oxygen atoms in total. The standard InChI is InChI=1S/C14H23NO4S/c1-14(2,3)6-8-20-10-9-11(16)15(13(10)19)7-4-5-12(17)18/h10H,4-9H2,1-3H3,(H,17,18). The lowest BCUT2D eigenvalue weighted by Gasteiger charge is -2.18. The highest BCUT2D eigenvalue weighted by Gasteiger charge is 2.38. The van der Waals surface area contributed by atoms with Gasteiger partial charge in [-0.3, -0.25) is 19.3 Å². The molecular formula is C14H23NO4S. The van der Waals surface area contributed by atoms with Crippen LogP contribution in [0.4, 0.5) is 0 Å². The highest BCUT2D eigenvalue weighted by atomic mass is 32.2. The van der Waals surface area contributed by atoms with Crippen LogP contribution in [0, 0.1) is 5.41 Å². The molecule has 0 spiro atoms. The second-order valence-electron chi connectivity index (χ2n) is 6.26. The number of hydrogen-bond acceptors (Lipinski definition) is 4. The van der Waals surface area contributed by atoms with Gasteiger partial charge in [0, 0.05) is 19.4 Å². The maximum Gasteiger partial charge on any atom is 0.303 e. The number of thioether (sulfide) groups is 1. The Labute approximate surface area is 124 Å². The van der Waals surface area contributed by atoms with Crippen molar-refractivity contribution in [1.82, 2.24) is 4.90 Å². The van der Waals surface area contributed by atoms with E-state index in [1.165, 1.54) is 16.7 Å². The fourth-order valence-corrected chi connectivity index (χ4v) is 3.46. The summed E-state index contributed by atoms with van der Waals surface area (Å²) in [4.78, 5) is 35.5. The van der Waals surface area contributed by atoms with Gasteiger partial charge in [-0.25, -0.2) is 0 Å². The van der Waals surface area contributed by atoms with E-state index >= 15 is 0 Å². The van der Waals surface area contributed by atoms with Crippen molar-refractivity contribution in [2.75, 3.05) is 12.3 Å². The van der Waals surface area contributed by atoms with Gasteiger partial charge in [-0.15, -0.1) is 11.8 Å². The maximum atomic E-state index is 12.1. The monoisotopic (exact) mass is 301 g/mol. The predicted molar refractivity (Wildman–Crippen MR) is 78.5 cm³/mol. The molecule has 6 heteroatoms. The third-order valence-electron chi connectivity index (χ3n) is 3.15. The van der Waals surface area contributed by atoms with Gasteiger partial charge in [0.05, 0.1) is 5.25 Å². The first-order valence-corrected chi connectivity index (χ1v) is 7.93. The predicted octanol–water partition coefficient (Wildman–Crippen LogP) is 2.15. The van der Waals surface area contributed by atoms with Crippen molar-refractivity contribution in [2.24, 2.45) is 5.41 Å². The second kappa shape index (κ2) is 7.11. The van der Waals surface area contributed by atoms with Gasteiger partial charge in [-0.2, -0.15) is 0 Å². The Morgan fingerprint density at radius 3 is 2.60 bits per heavy atom. The molecule has 20 heavy (non-hydrogen) atoms. The summed E-state index contributed by atoms with van der Waals surface area (Å²) in [6.45, 7) is 6.66. The van der Waals surface area contributed by atoms with Crippen molar-refractivity contribution in [2.45, 2.75) is 51.7 Å². The third-order valence-corrected chi connectivity index (χ3v) is 4.36. The minimum absolute atomic E-state index is 0.0150. The lowest BCUT2D eigenvalue weighted by molar-refractivity contribution is -0.141. The molecule has 0 aromatic heterocycles. The van der Waals surface area contributed by atoms with E-state index < -0.39 is 5.97 Å². The molecule has 0 aliphatic carbocycles. The average Bonchev–Trinajstić information content (AvgIpc) is 2.54. The molecule has 1 atom stereocenters. The summed E-state index contributed by atoms with van der Waals surface area (Å²) in [5.74, 6) is -0.371. The molecule has 114 valence electrons. The lowest BCUT2D eigenvalue weighted by Crippen LogP contribution is -2.32. The zero-order valence-corrected chi connectivity index (χ0v) is 13.2. The SMILES string of the molecule is CC(C)(C)CCSC1CC(=O)N(CCCC(=O)O)C1=O. The van der Waals surface area contributed by atoms with Crippen molar-refractivity contribution in [1.29, 1.82) is 0 Å². The number of carboxylic acid groups (broad SMARTS) is 1. The van der Waals surface area contributed by atoms with Gasteiger partial charge in [0.15, 0.2) is 0 Å². The number of likely N-dealkylation sites (tertiary alicyclic amines) is 1. The van der Waals surface area contributed by atoms with Crippen LogP contribution in [-0.4, -0.2) is 45.3 Å². The van der Waals surface area contributed by atoms with Crippen LogP contribution in [0.5, 0.6) is 0 Å². The smallest absolute Gasteiger partial charge is 0.303 e. The van der Waals surface area contributed by atoms with E-state index in [0.29, 0.717) is 6.42 Å². The Bertz CT molecular complexity index is 389. The van der Waals surface area contributed by atoms with Gasteiger partial charge >= 0.3 is 5.97 Å². The van der Waals surface area contributed by atoms with Crippen LogP contribution in [-0.2, 0) is 14.4 Å². The minimum Gasteiger partial charge on any atom is -0.481 e. The van der Waals surface area contributed by atoms with E-state index in [2.05, 4.69) is 20.8 Å². The van der Waals surface area contributed by atoms with Crippen LogP contribution in [0.2, 0.25) is 0 Å². The summed E-state index contributed by atoms with van der Waals surface area (Å²) in [6.07, 6.45) is 1.56. The van der Waals surface area contributed by atoms with Crippen LogP contribution in [0.25, 0.3) is 0 Å². The zero-order valence-electron chi connectivity index (χ0n) is 12.3. The van der Waals surface area contributed by atoms with Crippen molar-refractivity contribution < 1.29 is 19.5 Å². The number of amides is 2.